The van der Waals surface area contributed by atoms with Gasteiger partial charge in [0.15, 0.2) is 5.82 Å². The Morgan fingerprint density at radius 3 is 2.50 bits per heavy atom. The van der Waals surface area contributed by atoms with E-state index in [1.807, 2.05) is 0 Å². The second-order valence-corrected chi connectivity index (χ2v) is 7.10. The van der Waals surface area contributed by atoms with Gasteiger partial charge in [-0.3, -0.25) is 0 Å². The summed E-state index contributed by atoms with van der Waals surface area (Å²) in [5.74, 6) is 1.29. The lowest BCUT2D eigenvalue weighted by Gasteiger charge is -2.23. The molecule has 5 heteroatoms. The summed E-state index contributed by atoms with van der Waals surface area (Å²) in [6.45, 7) is 4.21. The maximum Gasteiger partial charge on any atom is 0.268 e. The van der Waals surface area contributed by atoms with E-state index < -0.39 is 5.54 Å². The highest BCUT2D eigenvalue weighted by Crippen LogP contribution is 2.35. The first-order chi connectivity index (χ1) is 9.58. The molecule has 1 aliphatic rings. The van der Waals surface area contributed by atoms with Crippen molar-refractivity contribution in [2.45, 2.75) is 57.9 Å². The number of thiophene rings is 1. The van der Waals surface area contributed by atoms with Crippen LogP contribution in [0.2, 0.25) is 0 Å². The molecule has 0 unspecified atom stereocenters. The molecule has 1 saturated carbocycles. The summed E-state index contributed by atoms with van der Waals surface area (Å²) in [5.41, 5.74) is 7.39. The Morgan fingerprint density at radius 1 is 1.20 bits per heavy atom. The number of hydrogen-bond acceptors (Lipinski definition) is 5. The van der Waals surface area contributed by atoms with Crippen molar-refractivity contribution in [1.82, 2.24) is 10.1 Å². The number of aromatic nitrogens is 2. The molecule has 4 nitrogen and oxygen atoms in total. The number of rotatable bonds is 2. The largest absolute Gasteiger partial charge is 0.333 e. The van der Waals surface area contributed by atoms with Crippen molar-refractivity contribution in [2.24, 2.45) is 5.73 Å². The van der Waals surface area contributed by atoms with Crippen LogP contribution in [0.3, 0.4) is 0 Å². The van der Waals surface area contributed by atoms with Crippen LogP contribution in [-0.4, -0.2) is 10.1 Å². The highest BCUT2D eigenvalue weighted by molar-refractivity contribution is 7.15. The van der Waals surface area contributed by atoms with Crippen LogP contribution in [0.25, 0.3) is 10.8 Å². The van der Waals surface area contributed by atoms with Crippen LogP contribution >= 0.6 is 11.3 Å². The summed E-state index contributed by atoms with van der Waals surface area (Å²) in [5, 5.41) is 4.16. The normalized spacial score (nSPS) is 18.9. The Kier molecular flexibility index (Phi) is 3.65. The van der Waals surface area contributed by atoms with Crippen LogP contribution < -0.4 is 5.73 Å². The predicted molar refractivity (Wildman–Crippen MR) is 80.7 cm³/mol. The summed E-state index contributed by atoms with van der Waals surface area (Å²) in [4.78, 5) is 6.91. The fraction of sp³-hybridized carbons (Fsp3) is 0.600. The fourth-order valence-electron chi connectivity index (χ4n) is 2.79. The molecule has 108 valence electrons. The van der Waals surface area contributed by atoms with Crippen molar-refractivity contribution < 1.29 is 4.52 Å². The molecule has 2 aromatic heterocycles. The van der Waals surface area contributed by atoms with E-state index in [1.165, 1.54) is 23.3 Å². The summed E-state index contributed by atoms with van der Waals surface area (Å²) in [6.07, 6.45) is 6.72. The molecule has 0 aliphatic heterocycles. The molecule has 0 saturated heterocycles. The Morgan fingerprint density at radius 2 is 1.90 bits per heavy atom. The molecule has 2 heterocycles. The maximum atomic E-state index is 6.53. The molecule has 2 N–H and O–H groups in total. The van der Waals surface area contributed by atoms with Gasteiger partial charge in [-0.15, -0.1) is 11.3 Å². The van der Waals surface area contributed by atoms with Gasteiger partial charge in [-0.05, 0) is 38.3 Å². The summed E-state index contributed by atoms with van der Waals surface area (Å²) < 4.78 is 5.45. The molecule has 0 spiro atoms. The van der Waals surface area contributed by atoms with Crippen molar-refractivity contribution in [3.8, 4) is 10.8 Å². The minimum atomic E-state index is -0.403. The Labute approximate surface area is 123 Å². The average Bonchev–Trinajstić information content (AvgIpc) is 2.96. The molecule has 1 fully saturated rings. The van der Waals surface area contributed by atoms with E-state index in [9.17, 15) is 0 Å². The molecular formula is C15H21N3OS. The predicted octanol–water partition coefficient (Wildman–Crippen LogP) is 3.92. The summed E-state index contributed by atoms with van der Waals surface area (Å²) in [6, 6.07) is 2.10. The number of aryl methyl sites for hydroxylation is 2. The third-order valence-electron chi connectivity index (χ3n) is 4.24. The second-order valence-electron chi connectivity index (χ2n) is 5.84. The summed E-state index contributed by atoms with van der Waals surface area (Å²) >= 11 is 1.69. The lowest BCUT2D eigenvalue weighted by molar-refractivity contribution is 0.334. The van der Waals surface area contributed by atoms with E-state index >= 15 is 0 Å². The zero-order chi connectivity index (χ0) is 14.2. The molecule has 20 heavy (non-hydrogen) atoms. The van der Waals surface area contributed by atoms with Crippen molar-refractivity contribution in [3.63, 3.8) is 0 Å². The minimum Gasteiger partial charge on any atom is -0.333 e. The van der Waals surface area contributed by atoms with Crippen molar-refractivity contribution in [2.75, 3.05) is 0 Å². The monoisotopic (exact) mass is 291 g/mol. The molecule has 0 aromatic carbocycles. The molecule has 2 aromatic rings. The molecule has 0 atom stereocenters. The van der Waals surface area contributed by atoms with Crippen molar-refractivity contribution >= 4 is 11.3 Å². The average molecular weight is 291 g/mol. The molecular weight excluding hydrogens is 270 g/mol. The van der Waals surface area contributed by atoms with Crippen LogP contribution in [0.1, 0.15) is 54.8 Å². The van der Waals surface area contributed by atoms with Gasteiger partial charge in [0.2, 0.25) is 0 Å². The number of hydrogen-bond donors (Lipinski definition) is 1. The van der Waals surface area contributed by atoms with Gasteiger partial charge >= 0.3 is 0 Å². The Hall–Kier alpha value is -1.20. The first kappa shape index (κ1) is 13.8. The second kappa shape index (κ2) is 5.30. The molecule has 0 amide bonds. The van der Waals surface area contributed by atoms with Crippen LogP contribution in [0.4, 0.5) is 0 Å². The van der Waals surface area contributed by atoms with E-state index in [0.717, 1.165) is 30.6 Å². The lowest BCUT2D eigenvalue weighted by atomic mass is 9.91. The first-order valence-electron chi connectivity index (χ1n) is 7.29. The van der Waals surface area contributed by atoms with Crippen molar-refractivity contribution in [3.05, 3.63) is 22.3 Å². The van der Waals surface area contributed by atoms with E-state index in [1.54, 1.807) is 11.3 Å². The van der Waals surface area contributed by atoms with Gasteiger partial charge < -0.3 is 10.3 Å². The van der Waals surface area contributed by atoms with Gasteiger partial charge in [-0.1, -0.05) is 30.8 Å². The van der Waals surface area contributed by atoms with Gasteiger partial charge in [0.1, 0.15) is 0 Å². The third kappa shape index (κ3) is 2.52. The standard InChI is InChI=1S/C15H21N3OS/c1-10-9-12(20-11(10)2)13-17-14(18-19-13)15(16)7-5-3-4-6-8-15/h9H,3-8,16H2,1-2H3. The van der Waals surface area contributed by atoms with Crippen LogP contribution in [-0.2, 0) is 5.54 Å². The fourth-order valence-corrected chi connectivity index (χ4v) is 3.74. The van der Waals surface area contributed by atoms with Crippen LogP contribution in [0.15, 0.2) is 10.6 Å². The van der Waals surface area contributed by atoms with Gasteiger partial charge in [0, 0.05) is 4.88 Å². The quantitative estimate of drug-likeness (QED) is 0.852. The van der Waals surface area contributed by atoms with Crippen LogP contribution in [0, 0.1) is 13.8 Å². The molecule has 0 radical (unpaired) electrons. The van der Waals surface area contributed by atoms with E-state index in [0.29, 0.717) is 11.7 Å². The smallest absolute Gasteiger partial charge is 0.268 e. The van der Waals surface area contributed by atoms with E-state index in [2.05, 4.69) is 30.1 Å². The Balaban J connectivity index is 1.89. The highest BCUT2D eigenvalue weighted by Gasteiger charge is 2.33. The lowest BCUT2D eigenvalue weighted by Crippen LogP contribution is -2.37. The molecule has 1 aliphatic carbocycles. The SMILES string of the molecule is Cc1cc(-c2nc(C3(N)CCCCCC3)no2)sc1C. The third-order valence-corrected chi connectivity index (χ3v) is 5.38. The number of nitrogens with two attached hydrogens (primary N) is 1. The van der Waals surface area contributed by atoms with Crippen molar-refractivity contribution in [1.29, 1.82) is 0 Å². The first-order valence-corrected chi connectivity index (χ1v) is 8.11. The molecule has 3 rings (SSSR count). The van der Waals surface area contributed by atoms with Crippen LogP contribution in [0.5, 0.6) is 0 Å². The maximum absolute atomic E-state index is 6.53. The zero-order valence-corrected chi connectivity index (χ0v) is 12.9. The highest BCUT2D eigenvalue weighted by atomic mass is 32.1. The topological polar surface area (TPSA) is 64.9 Å². The van der Waals surface area contributed by atoms with E-state index in [-0.39, 0.29) is 0 Å². The molecule has 0 bridgehead atoms. The van der Waals surface area contributed by atoms with Gasteiger partial charge in [0.05, 0.1) is 10.4 Å². The van der Waals surface area contributed by atoms with Gasteiger partial charge in [-0.2, -0.15) is 4.98 Å². The zero-order valence-electron chi connectivity index (χ0n) is 12.1. The van der Waals surface area contributed by atoms with Gasteiger partial charge in [-0.25, -0.2) is 0 Å². The Bertz CT molecular complexity index is 575. The van der Waals surface area contributed by atoms with E-state index in [4.69, 9.17) is 10.3 Å². The minimum absolute atomic E-state index is 0.403. The number of nitrogens with zero attached hydrogens (tertiary/aromatic N) is 2. The summed E-state index contributed by atoms with van der Waals surface area (Å²) in [7, 11) is 0. The van der Waals surface area contributed by atoms with Gasteiger partial charge in [0.25, 0.3) is 5.89 Å².